The Balaban J connectivity index is 1.47. The highest BCUT2D eigenvalue weighted by atomic mass is 16.5. The largest absolute Gasteiger partial charge is 0.479 e. The van der Waals surface area contributed by atoms with Gasteiger partial charge in [0.1, 0.15) is 11.5 Å². The Morgan fingerprint density at radius 1 is 0.800 bits per heavy atom. The van der Waals surface area contributed by atoms with E-state index in [-0.39, 0.29) is 6.61 Å². The molecule has 1 atom stereocenters. The SMILES string of the molecule is O=C(O)[C@@H](Cc1ccc2ccccc2c1)OCc1ccccc1Oc1ccccc1. The number of aliphatic carboxylic acids is 1. The molecule has 0 amide bonds. The van der Waals surface area contributed by atoms with Crippen molar-refractivity contribution in [3.8, 4) is 11.5 Å². The number of benzene rings is 4. The fourth-order valence-electron chi connectivity index (χ4n) is 3.33. The molecular weight excluding hydrogens is 376 g/mol. The van der Waals surface area contributed by atoms with Crippen LogP contribution in [-0.4, -0.2) is 17.2 Å². The summed E-state index contributed by atoms with van der Waals surface area (Å²) >= 11 is 0. The maximum Gasteiger partial charge on any atom is 0.333 e. The first-order valence-electron chi connectivity index (χ1n) is 9.82. The topological polar surface area (TPSA) is 55.8 Å². The normalized spacial score (nSPS) is 11.9. The lowest BCUT2D eigenvalue weighted by atomic mass is 10.0. The molecule has 0 aliphatic heterocycles. The molecule has 0 spiro atoms. The van der Waals surface area contributed by atoms with Gasteiger partial charge in [-0.15, -0.1) is 0 Å². The summed E-state index contributed by atoms with van der Waals surface area (Å²) in [4.78, 5) is 11.8. The monoisotopic (exact) mass is 398 g/mol. The third-order valence-corrected chi connectivity index (χ3v) is 4.89. The highest BCUT2D eigenvalue weighted by Gasteiger charge is 2.20. The van der Waals surface area contributed by atoms with E-state index >= 15 is 0 Å². The van der Waals surface area contributed by atoms with Gasteiger partial charge in [-0.3, -0.25) is 0 Å². The zero-order chi connectivity index (χ0) is 20.8. The summed E-state index contributed by atoms with van der Waals surface area (Å²) < 4.78 is 11.7. The summed E-state index contributed by atoms with van der Waals surface area (Å²) in [5.74, 6) is 0.388. The molecule has 0 heterocycles. The van der Waals surface area contributed by atoms with Gasteiger partial charge in [-0.2, -0.15) is 0 Å². The Kier molecular flexibility index (Phi) is 6.06. The summed E-state index contributed by atoms with van der Waals surface area (Å²) in [6.07, 6.45) is -0.655. The highest BCUT2D eigenvalue weighted by molar-refractivity contribution is 5.83. The van der Waals surface area contributed by atoms with E-state index in [1.165, 1.54) is 0 Å². The molecule has 4 aromatic carbocycles. The third-order valence-electron chi connectivity index (χ3n) is 4.89. The number of carboxylic acids is 1. The first-order chi connectivity index (χ1) is 14.7. The Morgan fingerprint density at radius 3 is 2.30 bits per heavy atom. The van der Waals surface area contributed by atoms with Crippen molar-refractivity contribution in [2.24, 2.45) is 0 Å². The number of hydrogen-bond donors (Lipinski definition) is 1. The van der Waals surface area contributed by atoms with Crippen LogP contribution in [0.3, 0.4) is 0 Å². The predicted octanol–water partition coefficient (Wildman–Crippen LogP) is 5.84. The summed E-state index contributed by atoms with van der Waals surface area (Å²) in [5.41, 5.74) is 1.72. The van der Waals surface area contributed by atoms with Gasteiger partial charge in [0.05, 0.1) is 6.61 Å². The van der Waals surface area contributed by atoms with Gasteiger partial charge in [-0.05, 0) is 34.5 Å². The Hall–Kier alpha value is -3.63. The van der Waals surface area contributed by atoms with E-state index in [1.54, 1.807) is 0 Å². The van der Waals surface area contributed by atoms with Crippen molar-refractivity contribution in [2.75, 3.05) is 0 Å². The van der Waals surface area contributed by atoms with Crippen LogP contribution in [-0.2, 0) is 22.6 Å². The second-order valence-corrected chi connectivity index (χ2v) is 7.05. The van der Waals surface area contributed by atoms with Crippen molar-refractivity contribution in [3.05, 3.63) is 108 Å². The first kappa shape index (κ1) is 19.7. The van der Waals surface area contributed by atoms with Crippen LogP contribution in [0.25, 0.3) is 10.8 Å². The number of para-hydroxylation sites is 2. The number of carbonyl (C=O) groups is 1. The molecule has 0 bridgehead atoms. The lowest BCUT2D eigenvalue weighted by molar-refractivity contribution is -0.151. The highest BCUT2D eigenvalue weighted by Crippen LogP contribution is 2.26. The molecule has 150 valence electrons. The summed E-state index contributed by atoms with van der Waals surface area (Å²) in [6.45, 7) is 0.146. The molecule has 0 saturated heterocycles. The van der Waals surface area contributed by atoms with E-state index in [9.17, 15) is 9.90 Å². The second-order valence-electron chi connectivity index (χ2n) is 7.05. The van der Waals surface area contributed by atoms with Crippen molar-refractivity contribution in [1.29, 1.82) is 0 Å². The molecule has 30 heavy (non-hydrogen) atoms. The first-order valence-corrected chi connectivity index (χ1v) is 9.82. The minimum Gasteiger partial charge on any atom is -0.479 e. The molecule has 1 N–H and O–H groups in total. The van der Waals surface area contributed by atoms with Gasteiger partial charge in [0.15, 0.2) is 6.10 Å². The fraction of sp³-hybridized carbons (Fsp3) is 0.115. The Morgan fingerprint density at radius 2 is 1.50 bits per heavy atom. The van der Waals surface area contributed by atoms with Crippen molar-refractivity contribution in [3.63, 3.8) is 0 Å². The summed E-state index contributed by atoms with van der Waals surface area (Å²) in [6, 6.07) is 31.0. The van der Waals surface area contributed by atoms with Crippen molar-refractivity contribution >= 4 is 16.7 Å². The zero-order valence-electron chi connectivity index (χ0n) is 16.4. The van der Waals surface area contributed by atoms with Crippen molar-refractivity contribution in [1.82, 2.24) is 0 Å². The van der Waals surface area contributed by atoms with Crippen LogP contribution in [0, 0.1) is 0 Å². The molecular formula is C26H22O4. The number of fused-ring (bicyclic) bond motifs is 1. The Bertz CT molecular complexity index is 1140. The second kappa shape index (κ2) is 9.25. The molecule has 0 unspecified atom stereocenters. The molecule has 4 heteroatoms. The smallest absolute Gasteiger partial charge is 0.333 e. The number of rotatable bonds is 8. The van der Waals surface area contributed by atoms with Crippen LogP contribution in [0.5, 0.6) is 11.5 Å². The predicted molar refractivity (Wildman–Crippen MR) is 117 cm³/mol. The zero-order valence-corrected chi connectivity index (χ0v) is 16.4. The Labute approximate surface area is 175 Å². The molecule has 4 rings (SSSR count). The van der Waals surface area contributed by atoms with Gasteiger partial charge < -0.3 is 14.6 Å². The third kappa shape index (κ3) is 4.85. The van der Waals surface area contributed by atoms with Crippen LogP contribution in [0.15, 0.2) is 97.1 Å². The van der Waals surface area contributed by atoms with E-state index in [0.717, 1.165) is 27.6 Å². The maximum absolute atomic E-state index is 11.8. The number of ether oxygens (including phenoxy) is 2. The minimum atomic E-state index is -0.982. The van der Waals surface area contributed by atoms with E-state index < -0.39 is 12.1 Å². The van der Waals surface area contributed by atoms with Gasteiger partial charge in [0, 0.05) is 12.0 Å². The van der Waals surface area contributed by atoms with Gasteiger partial charge >= 0.3 is 5.97 Å². The van der Waals surface area contributed by atoms with Crippen LogP contribution in [0.1, 0.15) is 11.1 Å². The van der Waals surface area contributed by atoms with Crippen molar-refractivity contribution in [2.45, 2.75) is 19.1 Å². The molecule has 4 nitrogen and oxygen atoms in total. The minimum absolute atomic E-state index is 0.146. The lowest BCUT2D eigenvalue weighted by Crippen LogP contribution is -2.26. The number of carboxylic acid groups (broad SMARTS) is 1. The van der Waals surface area contributed by atoms with E-state index in [4.69, 9.17) is 9.47 Å². The standard InChI is InChI=1S/C26H22O4/c27-26(28)25(17-19-14-15-20-8-4-5-9-21(20)16-19)29-18-22-10-6-7-13-24(22)30-23-11-2-1-3-12-23/h1-16,25H,17-18H2,(H,27,28)/t25-/m1/s1. The molecule has 0 aliphatic carbocycles. The summed E-state index contributed by atoms with van der Waals surface area (Å²) in [7, 11) is 0. The van der Waals surface area contributed by atoms with Crippen molar-refractivity contribution < 1.29 is 19.4 Å². The lowest BCUT2D eigenvalue weighted by Gasteiger charge is -2.16. The average Bonchev–Trinajstić information content (AvgIpc) is 2.78. The van der Waals surface area contributed by atoms with E-state index in [1.807, 2.05) is 97.1 Å². The van der Waals surface area contributed by atoms with Crippen LogP contribution >= 0.6 is 0 Å². The molecule has 0 aliphatic rings. The van der Waals surface area contributed by atoms with E-state index in [0.29, 0.717) is 12.2 Å². The molecule has 0 aromatic heterocycles. The van der Waals surface area contributed by atoms with Gasteiger partial charge in [-0.1, -0.05) is 78.9 Å². The molecule has 0 fully saturated rings. The molecule has 4 aromatic rings. The number of hydrogen-bond acceptors (Lipinski definition) is 3. The average molecular weight is 398 g/mol. The quantitative estimate of drug-likeness (QED) is 0.405. The van der Waals surface area contributed by atoms with Crippen LogP contribution in [0.2, 0.25) is 0 Å². The molecule has 0 saturated carbocycles. The van der Waals surface area contributed by atoms with Crippen LogP contribution < -0.4 is 4.74 Å². The van der Waals surface area contributed by atoms with Gasteiger partial charge in [-0.25, -0.2) is 4.79 Å². The van der Waals surface area contributed by atoms with Gasteiger partial charge in [0.2, 0.25) is 0 Å². The fourth-order valence-corrected chi connectivity index (χ4v) is 3.33. The molecule has 0 radical (unpaired) electrons. The maximum atomic E-state index is 11.8. The van der Waals surface area contributed by atoms with Crippen LogP contribution in [0.4, 0.5) is 0 Å². The van der Waals surface area contributed by atoms with E-state index in [2.05, 4.69) is 0 Å². The summed E-state index contributed by atoms with van der Waals surface area (Å²) in [5, 5.41) is 11.9. The van der Waals surface area contributed by atoms with Gasteiger partial charge in [0.25, 0.3) is 0 Å².